The van der Waals surface area contributed by atoms with E-state index in [1.807, 2.05) is 13.8 Å². The largest absolute Gasteiger partial charge is 0.298 e. The summed E-state index contributed by atoms with van der Waals surface area (Å²) in [6, 6.07) is 3.22. The summed E-state index contributed by atoms with van der Waals surface area (Å²) in [6.45, 7) is 4.00. The van der Waals surface area contributed by atoms with Crippen LogP contribution in [0.4, 0.5) is 5.69 Å². The van der Waals surface area contributed by atoms with Crippen molar-refractivity contribution in [1.82, 2.24) is 0 Å². The normalized spacial score (nSPS) is 13.1. The Kier molecular flexibility index (Phi) is 4.82. The summed E-state index contributed by atoms with van der Waals surface area (Å²) < 4.78 is 0. The minimum absolute atomic E-state index is 0.0642. The zero-order chi connectivity index (χ0) is 12.8. The third kappa shape index (κ3) is 2.90. The first-order valence-corrected chi connectivity index (χ1v) is 5.97. The number of aryl methyl sites for hydroxylation is 2. The lowest BCUT2D eigenvalue weighted by molar-refractivity contribution is -0.385. The van der Waals surface area contributed by atoms with E-state index in [1.54, 1.807) is 12.1 Å². The fraction of sp³-hybridized carbons (Fsp3) is 0.462. The van der Waals surface area contributed by atoms with E-state index in [0.717, 1.165) is 36.8 Å². The molecule has 0 atom stereocenters. The first kappa shape index (κ1) is 13.4. The van der Waals surface area contributed by atoms with Gasteiger partial charge in [-0.25, -0.2) is 0 Å². The molecule has 4 heteroatoms. The number of fused-ring (bicyclic) bond motifs is 1. The number of rotatable bonds is 2. The van der Waals surface area contributed by atoms with E-state index >= 15 is 0 Å². The van der Waals surface area contributed by atoms with Crippen LogP contribution in [0.3, 0.4) is 0 Å². The van der Waals surface area contributed by atoms with Crippen molar-refractivity contribution < 1.29 is 9.72 Å². The number of nitro benzene ring substituents is 1. The number of aldehydes is 1. The Morgan fingerprint density at radius 2 is 1.71 bits per heavy atom. The third-order valence-electron chi connectivity index (χ3n) is 2.81. The lowest BCUT2D eigenvalue weighted by Gasteiger charge is -2.15. The molecule has 0 heterocycles. The summed E-state index contributed by atoms with van der Waals surface area (Å²) in [5.74, 6) is 0. The average Bonchev–Trinajstić information content (AvgIpc) is 2.39. The molecule has 0 fully saturated rings. The second-order valence-corrected chi connectivity index (χ2v) is 3.76. The smallest absolute Gasteiger partial charge is 0.280 e. The van der Waals surface area contributed by atoms with Gasteiger partial charge in [-0.15, -0.1) is 0 Å². The van der Waals surface area contributed by atoms with E-state index in [2.05, 4.69) is 0 Å². The van der Waals surface area contributed by atoms with E-state index in [-0.39, 0.29) is 11.3 Å². The number of benzene rings is 1. The summed E-state index contributed by atoms with van der Waals surface area (Å²) in [5.41, 5.74) is 2.25. The molecule has 4 nitrogen and oxygen atoms in total. The van der Waals surface area contributed by atoms with Crippen LogP contribution in [0.1, 0.15) is 48.2 Å². The Morgan fingerprint density at radius 1 is 1.18 bits per heavy atom. The number of carbonyl (C=O) groups excluding carboxylic acids is 1. The van der Waals surface area contributed by atoms with Crippen molar-refractivity contribution in [2.75, 3.05) is 0 Å². The zero-order valence-corrected chi connectivity index (χ0v) is 10.2. The molecule has 0 saturated carbocycles. The lowest BCUT2D eigenvalue weighted by atomic mass is 9.90. The Balaban J connectivity index is 0.000000686. The van der Waals surface area contributed by atoms with Crippen molar-refractivity contribution in [3.63, 3.8) is 0 Å². The molecule has 1 aromatic carbocycles. The van der Waals surface area contributed by atoms with Crippen LogP contribution in [0, 0.1) is 10.1 Å². The summed E-state index contributed by atoms with van der Waals surface area (Å²) in [5, 5.41) is 10.7. The predicted molar refractivity (Wildman–Crippen MR) is 66.5 cm³/mol. The van der Waals surface area contributed by atoms with Crippen LogP contribution >= 0.6 is 0 Å². The highest BCUT2D eigenvalue weighted by Crippen LogP contribution is 2.28. The molecule has 17 heavy (non-hydrogen) atoms. The van der Waals surface area contributed by atoms with Crippen LogP contribution in [-0.4, -0.2) is 11.2 Å². The van der Waals surface area contributed by atoms with Crippen molar-refractivity contribution in [3.8, 4) is 0 Å². The zero-order valence-electron chi connectivity index (χ0n) is 10.2. The highest BCUT2D eigenvalue weighted by Gasteiger charge is 2.19. The van der Waals surface area contributed by atoms with Crippen LogP contribution in [0.25, 0.3) is 0 Å². The van der Waals surface area contributed by atoms with Gasteiger partial charge in [0.25, 0.3) is 5.69 Å². The maximum atomic E-state index is 10.7. The molecule has 0 spiro atoms. The molecule has 1 aliphatic carbocycles. The second kappa shape index (κ2) is 6.13. The number of nitro groups is 1. The molecule has 1 aromatic rings. The molecular weight excluding hydrogens is 218 g/mol. The standard InChI is InChI=1S/C11H11NO3.C2H6/c13-7-10-5-8-3-1-2-4-9(8)6-11(10)12(14)15;1-2/h5-7H,1-4H2;1-2H3. The Morgan fingerprint density at radius 3 is 2.18 bits per heavy atom. The van der Waals surface area contributed by atoms with E-state index in [4.69, 9.17) is 0 Å². The molecule has 0 radical (unpaired) electrons. The van der Waals surface area contributed by atoms with Gasteiger partial charge in [-0.3, -0.25) is 14.9 Å². The number of hydrogen-bond donors (Lipinski definition) is 0. The van der Waals surface area contributed by atoms with Gasteiger partial charge in [0.15, 0.2) is 6.29 Å². The first-order chi connectivity index (χ1) is 8.22. The topological polar surface area (TPSA) is 60.2 Å². The Hall–Kier alpha value is -1.71. The highest BCUT2D eigenvalue weighted by molar-refractivity contribution is 5.82. The molecule has 0 saturated heterocycles. The number of hydrogen-bond acceptors (Lipinski definition) is 3. The molecule has 0 aromatic heterocycles. The molecule has 2 rings (SSSR count). The fourth-order valence-corrected chi connectivity index (χ4v) is 2.04. The van der Waals surface area contributed by atoms with Gasteiger partial charge in [-0.1, -0.05) is 13.8 Å². The minimum Gasteiger partial charge on any atom is -0.298 e. The van der Waals surface area contributed by atoms with Crippen molar-refractivity contribution in [3.05, 3.63) is 38.9 Å². The average molecular weight is 235 g/mol. The van der Waals surface area contributed by atoms with E-state index in [9.17, 15) is 14.9 Å². The second-order valence-electron chi connectivity index (χ2n) is 3.76. The monoisotopic (exact) mass is 235 g/mol. The summed E-state index contributed by atoms with van der Waals surface area (Å²) in [7, 11) is 0. The quantitative estimate of drug-likeness (QED) is 0.449. The van der Waals surface area contributed by atoms with Gasteiger partial charge < -0.3 is 0 Å². The van der Waals surface area contributed by atoms with Gasteiger partial charge in [0.2, 0.25) is 0 Å². The van der Waals surface area contributed by atoms with E-state index in [0.29, 0.717) is 6.29 Å². The molecule has 0 amide bonds. The Bertz CT molecular complexity index is 427. The van der Waals surface area contributed by atoms with Gasteiger partial charge in [0.05, 0.1) is 10.5 Å². The van der Waals surface area contributed by atoms with Crippen LogP contribution in [0.15, 0.2) is 12.1 Å². The van der Waals surface area contributed by atoms with Crippen LogP contribution < -0.4 is 0 Å². The van der Waals surface area contributed by atoms with Gasteiger partial charge in [-0.05, 0) is 42.9 Å². The maximum Gasteiger partial charge on any atom is 0.280 e. The molecule has 0 aliphatic heterocycles. The van der Waals surface area contributed by atoms with Crippen molar-refractivity contribution in [2.24, 2.45) is 0 Å². The number of carbonyl (C=O) groups is 1. The maximum absolute atomic E-state index is 10.7. The SMILES string of the molecule is CC.O=Cc1cc2c(cc1[N+](=O)[O-])CCCC2. The first-order valence-electron chi connectivity index (χ1n) is 5.97. The summed E-state index contributed by atoms with van der Waals surface area (Å²) >= 11 is 0. The summed E-state index contributed by atoms with van der Waals surface area (Å²) in [4.78, 5) is 20.9. The van der Waals surface area contributed by atoms with Crippen LogP contribution in [0.2, 0.25) is 0 Å². The van der Waals surface area contributed by atoms with E-state index in [1.165, 1.54) is 0 Å². The van der Waals surface area contributed by atoms with E-state index < -0.39 is 4.92 Å². The molecular formula is C13H17NO3. The van der Waals surface area contributed by atoms with Crippen molar-refractivity contribution >= 4 is 12.0 Å². The third-order valence-corrected chi connectivity index (χ3v) is 2.81. The molecule has 0 N–H and O–H groups in total. The van der Waals surface area contributed by atoms with Crippen molar-refractivity contribution in [1.29, 1.82) is 0 Å². The molecule has 92 valence electrons. The van der Waals surface area contributed by atoms with Gasteiger partial charge in [0, 0.05) is 6.07 Å². The van der Waals surface area contributed by atoms with Gasteiger partial charge in [-0.2, -0.15) is 0 Å². The number of nitrogens with zero attached hydrogens (tertiary/aromatic N) is 1. The fourth-order valence-electron chi connectivity index (χ4n) is 2.04. The van der Waals surface area contributed by atoms with Crippen LogP contribution in [-0.2, 0) is 12.8 Å². The van der Waals surface area contributed by atoms with Crippen molar-refractivity contribution in [2.45, 2.75) is 39.5 Å². The Labute approximate surface area is 101 Å². The van der Waals surface area contributed by atoms with Gasteiger partial charge in [0.1, 0.15) is 0 Å². The molecule has 0 bridgehead atoms. The minimum atomic E-state index is -0.487. The predicted octanol–water partition coefficient (Wildman–Crippen LogP) is 3.31. The molecule has 1 aliphatic rings. The van der Waals surface area contributed by atoms with Gasteiger partial charge >= 0.3 is 0 Å². The summed E-state index contributed by atoms with van der Waals surface area (Å²) in [6.07, 6.45) is 4.55. The van der Waals surface area contributed by atoms with Crippen LogP contribution in [0.5, 0.6) is 0 Å². The highest BCUT2D eigenvalue weighted by atomic mass is 16.6. The lowest BCUT2D eigenvalue weighted by Crippen LogP contribution is -2.05. The molecule has 0 unspecified atom stereocenters.